The van der Waals surface area contributed by atoms with Gasteiger partial charge in [0.25, 0.3) is 0 Å². The second-order valence-electron chi connectivity index (χ2n) is 10.6. The third-order valence-electron chi connectivity index (χ3n) is 10.0. The monoisotopic (exact) mass is 304 g/mol. The molecule has 6 aliphatic carbocycles. The van der Waals surface area contributed by atoms with Crippen LogP contribution >= 0.6 is 0 Å². The van der Waals surface area contributed by atoms with E-state index in [1.807, 2.05) is 0 Å². The maximum Gasteiger partial charge on any atom is 0.0618 e. The van der Waals surface area contributed by atoms with Gasteiger partial charge in [0.2, 0.25) is 0 Å². The molecule has 0 unspecified atom stereocenters. The third kappa shape index (κ3) is 1.30. The van der Waals surface area contributed by atoms with E-state index in [2.05, 4.69) is 20.8 Å². The van der Waals surface area contributed by atoms with Crippen LogP contribution in [0, 0.1) is 45.3 Å². The first-order valence-corrected chi connectivity index (χ1v) is 9.59. The number of hydrogen-bond donors (Lipinski definition) is 2. The summed E-state index contributed by atoms with van der Waals surface area (Å²) in [5.74, 6) is 3.41. The van der Waals surface area contributed by atoms with E-state index in [9.17, 15) is 10.2 Å². The van der Waals surface area contributed by atoms with Gasteiger partial charge in [-0.25, -0.2) is 0 Å². The minimum absolute atomic E-state index is 0.151. The lowest BCUT2D eigenvalue weighted by molar-refractivity contribution is -0.205. The number of fused-ring (bicyclic) bond motifs is 1. The highest BCUT2D eigenvalue weighted by molar-refractivity contribution is 5.27. The Morgan fingerprint density at radius 1 is 0.955 bits per heavy atom. The number of hydrogen-bond acceptors (Lipinski definition) is 2. The maximum atomic E-state index is 10.6. The molecule has 6 fully saturated rings. The number of aliphatic hydroxyl groups excluding tert-OH is 2. The molecule has 1 spiro atoms. The van der Waals surface area contributed by atoms with E-state index in [0.717, 1.165) is 24.2 Å². The van der Waals surface area contributed by atoms with E-state index in [4.69, 9.17) is 0 Å². The van der Waals surface area contributed by atoms with E-state index in [1.165, 1.54) is 38.5 Å². The molecule has 22 heavy (non-hydrogen) atoms. The van der Waals surface area contributed by atoms with Gasteiger partial charge in [-0.3, -0.25) is 0 Å². The first-order valence-electron chi connectivity index (χ1n) is 9.59. The van der Waals surface area contributed by atoms with Crippen molar-refractivity contribution in [2.75, 3.05) is 6.61 Å². The number of aliphatic hydroxyl groups is 2. The summed E-state index contributed by atoms with van der Waals surface area (Å²) in [5, 5.41) is 20.7. The summed E-state index contributed by atoms with van der Waals surface area (Å²) in [6.45, 7) is 7.40. The molecule has 2 nitrogen and oxygen atoms in total. The summed E-state index contributed by atoms with van der Waals surface area (Å²) in [4.78, 5) is 0. The van der Waals surface area contributed by atoms with Crippen molar-refractivity contribution in [1.29, 1.82) is 0 Å². The summed E-state index contributed by atoms with van der Waals surface area (Å²) in [6, 6.07) is 0. The molecule has 6 rings (SSSR count). The van der Waals surface area contributed by atoms with Gasteiger partial charge in [-0.1, -0.05) is 20.8 Å². The van der Waals surface area contributed by atoms with Crippen LogP contribution in [-0.4, -0.2) is 22.9 Å². The lowest BCUT2D eigenvalue weighted by atomic mass is 9.39. The fourth-order valence-corrected chi connectivity index (χ4v) is 8.87. The van der Waals surface area contributed by atoms with E-state index in [-0.39, 0.29) is 18.1 Å². The fraction of sp³-hybridized carbons (Fsp3) is 1.00. The van der Waals surface area contributed by atoms with Crippen LogP contribution in [0.1, 0.15) is 65.7 Å². The van der Waals surface area contributed by atoms with Gasteiger partial charge in [0.1, 0.15) is 0 Å². The van der Waals surface area contributed by atoms with Crippen LogP contribution in [0.2, 0.25) is 0 Å². The highest BCUT2D eigenvalue weighted by Crippen LogP contribution is 2.85. The summed E-state index contributed by atoms with van der Waals surface area (Å²) in [7, 11) is 0. The van der Waals surface area contributed by atoms with Gasteiger partial charge in [-0.05, 0) is 84.9 Å². The lowest BCUT2D eigenvalue weighted by Gasteiger charge is -2.66. The topological polar surface area (TPSA) is 40.5 Å². The Hall–Kier alpha value is -0.0800. The molecule has 4 bridgehead atoms. The average molecular weight is 304 g/mol. The molecule has 0 aromatic carbocycles. The number of rotatable bonds is 1. The molecule has 0 saturated heterocycles. The van der Waals surface area contributed by atoms with Crippen LogP contribution in [0.15, 0.2) is 0 Å². The standard InChI is InChI=1S/C20H32O2/c1-17-6-5-16(22)19(3,11-21)14(17)4-7-20-9-13-12(8-15(17)20)18(13,2)10-20/h12-16,21-22H,4-11H2,1-3H3/t12-,13-,14+,15+,16-,17-,18+,19-,20+/m1/s1. The van der Waals surface area contributed by atoms with Crippen LogP contribution < -0.4 is 0 Å². The minimum atomic E-state index is -0.312. The van der Waals surface area contributed by atoms with E-state index in [1.54, 1.807) is 0 Å². The van der Waals surface area contributed by atoms with E-state index >= 15 is 0 Å². The van der Waals surface area contributed by atoms with Gasteiger partial charge >= 0.3 is 0 Å². The highest BCUT2D eigenvalue weighted by atomic mass is 16.3. The Kier molecular flexibility index (Phi) is 2.45. The third-order valence-corrected chi connectivity index (χ3v) is 10.0. The van der Waals surface area contributed by atoms with Crippen LogP contribution in [-0.2, 0) is 0 Å². The maximum absolute atomic E-state index is 10.6. The van der Waals surface area contributed by atoms with Gasteiger partial charge in [0.15, 0.2) is 0 Å². The second kappa shape index (κ2) is 3.77. The Bertz CT molecular complexity index is 532. The smallest absolute Gasteiger partial charge is 0.0618 e. The van der Waals surface area contributed by atoms with Crippen LogP contribution in [0.3, 0.4) is 0 Å². The molecule has 0 radical (unpaired) electrons. The van der Waals surface area contributed by atoms with Crippen molar-refractivity contribution in [3.8, 4) is 0 Å². The molecule has 0 heterocycles. The Balaban J connectivity index is 1.55. The van der Waals surface area contributed by atoms with E-state index < -0.39 is 0 Å². The largest absolute Gasteiger partial charge is 0.396 e. The average Bonchev–Trinajstić information content (AvgIpc) is 2.94. The summed E-state index contributed by atoms with van der Waals surface area (Å²) in [5.41, 5.74) is 1.40. The molecule has 0 amide bonds. The van der Waals surface area contributed by atoms with Crippen LogP contribution in [0.4, 0.5) is 0 Å². The predicted octanol–water partition coefficient (Wildman–Crippen LogP) is 3.61. The fourth-order valence-electron chi connectivity index (χ4n) is 8.87. The first kappa shape index (κ1) is 14.3. The molecule has 0 aromatic heterocycles. The Labute approximate surface area is 134 Å². The van der Waals surface area contributed by atoms with Crippen molar-refractivity contribution in [2.24, 2.45) is 45.3 Å². The quantitative estimate of drug-likeness (QED) is 0.777. The molecule has 6 saturated carbocycles. The van der Waals surface area contributed by atoms with Crippen molar-refractivity contribution in [3.63, 3.8) is 0 Å². The van der Waals surface area contributed by atoms with E-state index in [0.29, 0.717) is 22.2 Å². The molecule has 6 aliphatic rings. The van der Waals surface area contributed by atoms with Gasteiger partial charge in [0.05, 0.1) is 12.7 Å². The van der Waals surface area contributed by atoms with Crippen molar-refractivity contribution < 1.29 is 10.2 Å². The second-order valence-corrected chi connectivity index (χ2v) is 10.6. The zero-order chi connectivity index (χ0) is 15.5. The Morgan fingerprint density at radius 2 is 1.73 bits per heavy atom. The zero-order valence-corrected chi connectivity index (χ0v) is 14.4. The molecule has 0 aliphatic heterocycles. The SMILES string of the molecule is C[C@]12C[C@@]34CC[C@@H]5[C@@](C)(CO)[C@H](O)CC[C@@]5(C)[C@@H]3C[C@@H]1[C@H]2C4. The molecular formula is C20H32O2. The van der Waals surface area contributed by atoms with Crippen molar-refractivity contribution >= 4 is 0 Å². The van der Waals surface area contributed by atoms with Crippen molar-refractivity contribution in [2.45, 2.75) is 71.8 Å². The lowest BCUT2D eigenvalue weighted by Crippen LogP contribution is -2.62. The van der Waals surface area contributed by atoms with Gasteiger partial charge in [-0.2, -0.15) is 0 Å². The molecule has 2 heteroatoms. The van der Waals surface area contributed by atoms with Crippen molar-refractivity contribution in [1.82, 2.24) is 0 Å². The van der Waals surface area contributed by atoms with Gasteiger partial charge in [0, 0.05) is 5.41 Å². The summed E-state index contributed by atoms with van der Waals surface area (Å²) >= 11 is 0. The van der Waals surface area contributed by atoms with Gasteiger partial charge < -0.3 is 10.2 Å². The van der Waals surface area contributed by atoms with Gasteiger partial charge in [-0.15, -0.1) is 0 Å². The summed E-state index contributed by atoms with van der Waals surface area (Å²) < 4.78 is 0. The molecule has 2 N–H and O–H groups in total. The molecule has 0 aromatic rings. The molecule has 9 atom stereocenters. The molecular weight excluding hydrogens is 272 g/mol. The van der Waals surface area contributed by atoms with Crippen LogP contribution in [0.25, 0.3) is 0 Å². The van der Waals surface area contributed by atoms with Crippen LogP contribution in [0.5, 0.6) is 0 Å². The van der Waals surface area contributed by atoms with Crippen molar-refractivity contribution in [3.05, 3.63) is 0 Å². The predicted molar refractivity (Wildman–Crippen MR) is 86.1 cm³/mol. The Morgan fingerprint density at radius 3 is 2.36 bits per heavy atom. The normalized spacial score (nSPS) is 68.3. The highest BCUT2D eigenvalue weighted by Gasteiger charge is 2.78. The zero-order valence-electron chi connectivity index (χ0n) is 14.4. The summed E-state index contributed by atoms with van der Waals surface area (Å²) in [6.07, 6.45) is 8.78. The molecule has 124 valence electrons. The first-order chi connectivity index (χ1) is 10.3. The minimum Gasteiger partial charge on any atom is -0.396 e.